The number of nitrogens with zero attached hydrogens (tertiary/aromatic N) is 2. The molecule has 0 saturated heterocycles. The highest BCUT2D eigenvalue weighted by Gasteiger charge is 2.35. The lowest BCUT2D eigenvalue weighted by molar-refractivity contribution is -0.140. The van der Waals surface area contributed by atoms with Crippen LogP contribution in [0.5, 0.6) is 0 Å². The Labute approximate surface area is 292 Å². The van der Waals surface area contributed by atoms with Crippen molar-refractivity contribution >= 4 is 62.3 Å². The van der Waals surface area contributed by atoms with Gasteiger partial charge in [0.2, 0.25) is 11.8 Å². The Morgan fingerprint density at radius 1 is 0.830 bits per heavy atom. The van der Waals surface area contributed by atoms with Crippen LogP contribution in [0.1, 0.15) is 42.0 Å². The first-order valence-corrected chi connectivity index (χ1v) is 17.9. The van der Waals surface area contributed by atoms with Gasteiger partial charge in [-0.25, -0.2) is 8.42 Å². The molecule has 0 fully saturated rings. The lowest BCUT2D eigenvalue weighted by Crippen LogP contribution is -2.53. The van der Waals surface area contributed by atoms with Crippen molar-refractivity contribution in [2.45, 2.75) is 57.5 Å². The van der Waals surface area contributed by atoms with Gasteiger partial charge in [-0.1, -0.05) is 90.6 Å². The number of amides is 2. The summed E-state index contributed by atoms with van der Waals surface area (Å²) in [5.41, 5.74) is 3.53. The Hall–Kier alpha value is -3.56. The Kier molecular flexibility index (Phi) is 12.7. The monoisotopic (exact) mass is 713 g/mol. The molecule has 0 aliphatic carbocycles. The molecule has 0 aromatic heterocycles. The highest BCUT2D eigenvalue weighted by Crippen LogP contribution is 2.29. The zero-order valence-corrected chi connectivity index (χ0v) is 29.6. The molecule has 4 aromatic rings. The highest BCUT2D eigenvalue weighted by molar-refractivity contribution is 7.92. The summed E-state index contributed by atoms with van der Waals surface area (Å²) in [7, 11) is -4.25. The third-order valence-corrected chi connectivity index (χ3v) is 10.5. The van der Waals surface area contributed by atoms with Crippen LogP contribution in [0.4, 0.5) is 5.69 Å². The number of hydrogen-bond donors (Lipinski definition) is 1. The van der Waals surface area contributed by atoms with Crippen molar-refractivity contribution < 1.29 is 18.0 Å². The zero-order valence-electron chi connectivity index (χ0n) is 26.5. The number of aryl methyl sites for hydroxylation is 2. The molecule has 248 valence electrons. The molecule has 1 N–H and O–H groups in total. The first kappa shape index (κ1) is 36.3. The summed E-state index contributed by atoms with van der Waals surface area (Å²) in [5, 5.41) is 4.09. The molecule has 4 rings (SSSR count). The van der Waals surface area contributed by atoms with E-state index in [1.807, 2.05) is 57.2 Å². The summed E-state index contributed by atoms with van der Waals surface area (Å²) in [6.45, 7) is 5.62. The van der Waals surface area contributed by atoms with E-state index in [1.54, 1.807) is 30.3 Å². The fourth-order valence-corrected chi connectivity index (χ4v) is 7.04. The molecule has 0 aliphatic heterocycles. The van der Waals surface area contributed by atoms with Crippen LogP contribution in [0.25, 0.3) is 0 Å². The summed E-state index contributed by atoms with van der Waals surface area (Å²) in [6, 6.07) is 24.3. The fourth-order valence-electron chi connectivity index (χ4n) is 5.04. The van der Waals surface area contributed by atoms with Crippen molar-refractivity contribution in [2.24, 2.45) is 0 Å². The number of halogens is 3. The molecule has 11 heteroatoms. The molecule has 47 heavy (non-hydrogen) atoms. The smallest absolute Gasteiger partial charge is 0.264 e. The quantitative estimate of drug-likeness (QED) is 0.134. The number of benzene rings is 4. The van der Waals surface area contributed by atoms with Crippen LogP contribution in [0.2, 0.25) is 15.1 Å². The summed E-state index contributed by atoms with van der Waals surface area (Å²) in [6.07, 6.45) is 1.84. The van der Waals surface area contributed by atoms with Gasteiger partial charge in [0.1, 0.15) is 12.6 Å². The van der Waals surface area contributed by atoms with E-state index in [0.717, 1.165) is 33.8 Å². The van der Waals surface area contributed by atoms with Crippen LogP contribution in [0, 0.1) is 13.8 Å². The molecule has 2 amide bonds. The molecule has 0 heterocycles. The maximum absolute atomic E-state index is 14.6. The van der Waals surface area contributed by atoms with Crippen LogP contribution in [-0.4, -0.2) is 44.3 Å². The lowest BCUT2D eigenvalue weighted by Gasteiger charge is -2.34. The Bertz CT molecular complexity index is 1800. The molecular weight excluding hydrogens is 677 g/mol. The number of carbonyl (C=O) groups excluding carboxylic acids is 2. The van der Waals surface area contributed by atoms with Gasteiger partial charge < -0.3 is 10.2 Å². The van der Waals surface area contributed by atoms with Gasteiger partial charge in [0.25, 0.3) is 10.0 Å². The minimum Gasteiger partial charge on any atom is -0.354 e. The summed E-state index contributed by atoms with van der Waals surface area (Å²) in [4.78, 5) is 29.9. The van der Waals surface area contributed by atoms with Crippen molar-refractivity contribution in [2.75, 3.05) is 17.4 Å². The third-order valence-electron chi connectivity index (χ3n) is 7.92. The minimum atomic E-state index is -4.25. The van der Waals surface area contributed by atoms with Crippen LogP contribution >= 0.6 is 34.8 Å². The predicted molar refractivity (Wildman–Crippen MR) is 191 cm³/mol. The molecule has 0 radical (unpaired) electrons. The Morgan fingerprint density at radius 3 is 2.15 bits per heavy atom. The second kappa shape index (κ2) is 16.5. The van der Waals surface area contributed by atoms with Gasteiger partial charge >= 0.3 is 0 Å². The molecule has 0 bridgehead atoms. The molecule has 1 unspecified atom stereocenters. The van der Waals surface area contributed by atoms with Gasteiger partial charge in [0.15, 0.2) is 0 Å². The van der Waals surface area contributed by atoms with E-state index >= 15 is 0 Å². The van der Waals surface area contributed by atoms with E-state index in [-0.39, 0.29) is 23.8 Å². The zero-order chi connectivity index (χ0) is 34.1. The normalized spacial score (nSPS) is 12.0. The van der Waals surface area contributed by atoms with E-state index in [0.29, 0.717) is 32.9 Å². The van der Waals surface area contributed by atoms with E-state index in [1.165, 1.54) is 29.2 Å². The summed E-state index contributed by atoms with van der Waals surface area (Å²) in [5.74, 6) is -0.933. The molecule has 7 nitrogen and oxygen atoms in total. The molecule has 0 spiro atoms. The van der Waals surface area contributed by atoms with Gasteiger partial charge in [0, 0.05) is 34.6 Å². The van der Waals surface area contributed by atoms with Crippen LogP contribution in [0.15, 0.2) is 95.9 Å². The number of nitrogens with one attached hydrogen (secondary N) is 1. The van der Waals surface area contributed by atoms with E-state index in [9.17, 15) is 18.0 Å². The molecule has 0 aliphatic rings. The van der Waals surface area contributed by atoms with Crippen molar-refractivity contribution in [3.05, 3.63) is 128 Å². The average molecular weight is 715 g/mol. The number of hydrogen-bond acceptors (Lipinski definition) is 4. The van der Waals surface area contributed by atoms with Crippen LogP contribution in [-0.2, 0) is 32.6 Å². The fraction of sp³-hybridized carbons (Fsp3) is 0.278. The second-order valence-corrected chi connectivity index (χ2v) is 14.5. The van der Waals surface area contributed by atoms with Crippen LogP contribution in [0.3, 0.4) is 0 Å². The van der Waals surface area contributed by atoms with Crippen LogP contribution < -0.4 is 9.62 Å². The van der Waals surface area contributed by atoms with Crippen molar-refractivity contribution in [1.82, 2.24) is 10.2 Å². The third kappa shape index (κ3) is 9.51. The number of sulfonamides is 1. The first-order valence-electron chi connectivity index (χ1n) is 15.3. The lowest BCUT2D eigenvalue weighted by atomic mass is 10.0. The van der Waals surface area contributed by atoms with Gasteiger partial charge in [-0.15, -0.1) is 0 Å². The average Bonchev–Trinajstić information content (AvgIpc) is 3.04. The standard InChI is InChI=1S/C36H38Cl3N3O4S/c1-4-5-19-40-36(44)34(21-27-9-7-6-8-10-27)41(23-28-12-13-30(38)22-33(28)39)35(43)24-42(31-16-11-25(2)26(3)20-31)47(45,46)32-17-14-29(37)15-18-32/h6-18,20,22,34H,4-5,19,21,23-24H2,1-3H3,(H,40,44). The largest absolute Gasteiger partial charge is 0.354 e. The van der Waals surface area contributed by atoms with Gasteiger partial charge in [-0.3, -0.25) is 13.9 Å². The topological polar surface area (TPSA) is 86.8 Å². The van der Waals surface area contributed by atoms with E-state index < -0.39 is 28.5 Å². The van der Waals surface area contributed by atoms with Crippen molar-refractivity contribution in [3.8, 4) is 0 Å². The van der Waals surface area contributed by atoms with Gasteiger partial charge in [-0.2, -0.15) is 0 Å². The highest BCUT2D eigenvalue weighted by atomic mass is 35.5. The second-order valence-electron chi connectivity index (χ2n) is 11.3. The molecular formula is C36H38Cl3N3O4S. The van der Waals surface area contributed by atoms with Gasteiger partial charge in [0.05, 0.1) is 10.6 Å². The van der Waals surface area contributed by atoms with E-state index in [4.69, 9.17) is 34.8 Å². The minimum absolute atomic E-state index is 0.0293. The summed E-state index contributed by atoms with van der Waals surface area (Å²) < 4.78 is 29.5. The predicted octanol–water partition coefficient (Wildman–Crippen LogP) is 8.02. The van der Waals surface area contributed by atoms with Crippen molar-refractivity contribution in [3.63, 3.8) is 0 Å². The maximum atomic E-state index is 14.6. The molecule has 4 aromatic carbocycles. The molecule has 0 saturated carbocycles. The molecule has 1 atom stereocenters. The SMILES string of the molecule is CCCCNC(=O)C(Cc1ccccc1)N(Cc1ccc(Cl)cc1Cl)C(=O)CN(c1ccc(C)c(C)c1)S(=O)(=O)c1ccc(Cl)cc1. The first-order chi connectivity index (χ1) is 22.4. The summed E-state index contributed by atoms with van der Waals surface area (Å²) >= 11 is 18.8. The Morgan fingerprint density at radius 2 is 1.51 bits per heavy atom. The Balaban J connectivity index is 1.83. The van der Waals surface area contributed by atoms with Crippen molar-refractivity contribution in [1.29, 1.82) is 0 Å². The number of rotatable bonds is 14. The van der Waals surface area contributed by atoms with E-state index in [2.05, 4.69) is 5.32 Å². The number of unbranched alkanes of at least 4 members (excludes halogenated alkanes) is 1. The maximum Gasteiger partial charge on any atom is 0.264 e. The number of anilines is 1. The number of carbonyl (C=O) groups is 2. The van der Waals surface area contributed by atoms with Gasteiger partial charge in [-0.05, 0) is 91.1 Å².